The first-order valence-electron chi connectivity index (χ1n) is 12.2. The van der Waals surface area contributed by atoms with Gasteiger partial charge >= 0.3 is 0 Å². The number of hydrogen-bond acceptors (Lipinski definition) is 4. The van der Waals surface area contributed by atoms with Crippen LogP contribution in [0, 0.1) is 12.8 Å². The van der Waals surface area contributed by atoms with Gasteiger partial charge in [-0.05, 0) is 71.0 Å². The van der Waals surface area contributed by atoms with Crippen molar-refractivity contribution in [2.75, 3.05) is 0 Å². The first kappa shape index (κ1) is 23.2. The zero-order valence-electron chi connectivity index (χ0n) is 21.3. The van der Waals surface area contributed by atoms with E-state index in [1.807, 2.05) is 24.3 Å². The van der Waals surface area contributed by atoms with Gasteiger partial charge in [-0.3, -0.25) is 4.79 Å². The standard InChI is InChI=1S/C29H33N3O3/c1-17-13-20-19(28(3,4)15-18(2)29(20,5)6)14-24(17)35-26-12-11-23(34-26)27(33)30-16-25-31-21-9-7-8-10-22(21)32-25/h7-14,18H,15-16H2,1-6H3,(H,30,33)(H,31,32). The van der Waals surface area contributed by atoms with Crippen molar-refractivity contribution in [3.63, 3.8) is 0 Å². The number of benzene rings is 2. The summed E-state index contributed by atoms with van der Waals surface area (Å²) in [5.74, 6) is 2.20. The van der Waals surface area contributed by atoms with Crippen LogP contribution in [-0.2, 0) is 17.4 Å². The zero-order valence-corrected chi connectivity index (χ0v) is 21.3. The van der Waals surface area contributed by atoms with Gasteiger partial charge in [0.05, 0.1) is 17.6 Å². The number of amides is 1. The number of imidazole rings is 1. The average molecular weight is 472 g/mol. The number of nitrogens with zero attached hydrogens (tertiary/aromatic N) is 1. The third-order valence-corrected chi connectivity index (χ3v) is 7.66. The van der Waals surface area contributed by atoms with Crippen LogP contribution < -0.4 is 10.1 Å². The molecule has 0 bridgehead atoms. The predicted molar refractivity (Wildman–Crippen MR) is 137 cm³/mol. The largest absolute Gasteiger partial charge is 0.426 e. The Labute approximate surface area is 206 Å². The zero-order chi connectivity index (χ0) is 25.0. The van der Waals surface area contributed by atoms with Crippen molar-refractivity contribution in [1.29, 1.82) is 0 Å². The van der Waals surface area contributed by atoms with Gasteiger partial charge in [-0.2, -0.15) is 0 Å². The second kappa shape index (κ2) is 8.29. The van der Waals surface area contributed by atoms with E-state index in [1.54, 1.807) is 12.1 Å². The Morgan fingerprint density at radius 1 is 1.14 bits per heavy atom. The maximum atomic E-state index is 12.6. The van der Waals surface area contributed by atoms with Crippen LogP contribution in [-0.4, -0.2) is 15.9 Å². The number of aromatic nitrogens is 2. The number of ether oxygens (including phenoxy) is 1. The van der Waals surface area contributed by atoms with E-state index in [1.165, 1.54) is 11.1 Å². The van der Waals surface area contributed by atoms with Crippen molar-refractivity contribution >= 4 is 16.9 Å². The number of carbonyl (C=O) groups excluding carboxylic acids is 1. The Kier molecular flexibility index (Phi) is 5.50. The molecule has 0 radical (unpaired) electrons. The van der Waals surface area contributed by atoms with Gasteiger partial charge in [0.2, 0.25) is 0 Å². The number of furan rings is 1. The molecule has 2 aromatic carbocycles. The lowest BCUT2D eigenvalue weighted by atomic mass is 9.58. The molecule has 2 aromatic heterocycles. The van der Waals surface area contributed by atoms with Gasteiger partial charge < -0.3 is 19.5 Å². The number of para-hydroxylation sites is 2. The Hall–Kier alpha value is -3.54. The second-order valence-electron chi connectivity index (χ2n) is 11.0. The summed E-state index contributed by atoms with van der Waals surface area (Å²) in [6.07, 6.45) is 1.12. The lowest BCUT2D eigenvalue weighted by Gasteiger charge is -2.46. The molecule has 2 N–H and O–H groups in total. The summed E-state index contributed by atoms with van der Waals surface area (Å²) in [4.78, 5) is 20.3. The number of nitrogens with one attached hydrogen (secondary N) is 2. The highest BCUT2D eigenvalue weighted by Crippen LogP contribution is 2.50. The van der Waals surface area contributed by atoms with E-state index in [-0.39, 0.29) is 29.0 Å². The second-order valence-corrected chi connectivity index (χ2v) is 11.0. The van der Waals surface area contributed by atoms with Gasteiger partial charge in [0.1, 0.15) is 11.6 Å². The number of aryl methyl sites for hydroxylation is 1. The fourth-order valence-corrected chi connectivity index (χ4v) is 5.23. The maximum absolute atomic E-state index is 12.6. The third kappa shape index (κ3) is 4.22. The summed E-state index contributed by atoms with van der Waals surface area (Å²) in [7, 11) is 0. The minimum Gasteiger partial charge on any atom is -0.426 e. The van der Waals surface area contributed by atoms with E-state index < -0.39 is 0 Å². The van der Waals surface area contributed by atoms with Crippen LogP contribution in [0.25, 0.3) is 11.0 Å². The van der Waals surface area contributed by atoms with Gasteiger partial charge in [0.25, 0.3) is 11.9 Å². The molecule has 5 rings (SSSR count). The fraction of sp³-hybridized carbons (Fsp3) is 0.379. The quantitative estimate of drug-likeness (QED) is 0.336. The Balaban J connectivity index is 1.32. The normalized spacial score (nSPS) is 18.3. The molecule has 1 unspecified atom stereocenters. The van der Waals surface area contributed by atoms with Crippen LogP contribution in [0.5, 0.6) is 11.7 Å². The molecular weight excluding hydrogens is 438 g/mol. The summed E-state index contributed by atoms with van der Waals surface area (Å²) in [5.41, 5.74) is 5.71. The van der Waals surface area contributed by atoms with E-state index in [4.69, 9.17) is 9.15 Å². The van der Waals surface area contributed by atoms with Gasteiger partial charge in [0.15, 0.2) is 5.76 Å². The SMILES string of the molecule is Cc1cc2c(cc1Oc1ccc(C(=O)NCc3nc4ccccc4[nH]3)o1)C(C)(C)CC(C)C2(C)C. The Morgan fingerprint density at radius 2 is 1.91 bits per heavy atom. The molecule has 0 saturated carbocycles. The van der Waals surface area contributed by atoms with Crippen LogP contribution >= 0.6 is 0 Å². The maximum Gasteiger partial charge on any atom is 0.290 e. The molecule has 1 atom stereocenters. The topological polar surface area (TPSA) is 80.1 Å². The van der Waals surface area contributed by atoms with Gasteiger partial charge in [-0.15, -0.1) is 0 Å². The van der Waals surface area contributed by atoms with Crippen LogP contribution in [0.15, 0.2) is 52.9 Å². The molecule has 0 saturated heterocycles. The molecule has 182 valence electrons. The number of hydrogen-bond donors (Lipinski definition) is 2. The number of rotatable bonds is 5. The van der Waals surface area contributed by atoms with Crippen molar-refractivity contribution in [1.82, 2.24) is 15.3 Å². The lowest BCUT2D eigenvalue weighted by Crippen LogP contribution is -2.40. The van der Waals surface area contributed by atoms with Crippen molar-refractivity contribution < 1.29 is 13.9 Å². The number of H-pyrrole nitrogens is 1. The summed E-state index contributed by atoms with van der Waals surface area (Å²) >= 11 is 0. The van der Waals surface area contributed by atoms with Crippen molar-refractivity contribution in [3.8, 4) is 11.7 Å². The van der Waals surface area contributed by atoms with Crippen LogP contribution in [0.4, 0.5) is 0 Å². The molecule has 6 nitrogen and oxygen atoms in total. The molecule has 4 aromatic rings. The van der Waals surface area contributed by atoms with E-state index in [2.05, 4.69) is 69.0 Å². The smallest absolute Gasteiger partial charge is 0.290 e. The van der Waals surface area contributed by atoms with Crippen LogP contribution in [0.1, 0.15) is 74.1 Å². The Morgan fingerprint density at radius 3 is 2.69 bits per heavy atom. The molecule has 6 heteroatoms. The molecule has 0 fully saturated rings. The molecule has 1 amide bonds. The predicted octanol–water partition coefficient (Wildman–Crippen LogP) is 6.78. The minimum atomic E-state index is -0.320. The van der Waals surface area contributed by atoms with E-state index in [0.717, 1.165) is 28.8 Å². The highest BCUT2D eigenvalue weighted by Gasteiger charge is 2.42. The fourth-order valence-electron chi connectivity index (χ4n) is 5.23. The summed E-state index contributed by atoms with van der Waals surface area (Å²) in [5, 5.41) is 2.85. The average Bonchev–Trinajstić information content (AvgIpc) is 3.44. The molecule has 0 spiro atoms. The van der Waals surface area contributed by atoms with Crippen LogP contribution in [0.3, 0.4) is 0 Å². The van der Waals surface area contributed by atoms with Crippen molar-refractivity contribution in [3.05, 3.63) is 76.8 Å². The van der Waals surface area contributed by atoms with Gasteiger partial charge in [-0.25, -0.2) is 4.98 Å². The lowest BCUT2D eigenvalue weighted by molar-refractivity contribution is 0.0917. The first-order chi connectivity index (χ1) is 16.5. The summed E-state index contributed by atoms with van der Waals surface area (Å²) in [6.45, 7) is 13.9. The molecule has 1 aliphatic rings. The van der Waals surface area contributed by atoms with Gasteiger partial charge in [-0.1, -0.05) is 52.8 Å². The molecule has 35 heavy (non-hydrogen) atoms. The summed E-state index contributed by atoms with van der Waals surface area (Å²) < 4.78 is 11.9. The molecule has 2 heterocycles. The van der Waals surface area contributed by atoms with E-state index >= 15 is 0 Å². The highest BCUT2D eigenvalue weighted by atomic mass is 16.6. The molecule has 0 aliphatic heterocycles. The van der Waals surface area contributed by atoms with E-state index in [0.29, 0.717) is 17.7 Å². The number of fused-ring (bicyclic) bond motifs is 2. The van der Waals surface area contributed by atoms with Crippen molar-refractivity contribution in [2.24, 2.45) is 5.92 Å². The van der Waals surface area contributed by atoms with Crippen molar-refractivity contribution in [2.45, 2.75) is 65.3 Å². The summed E-state index contributed by atoms with van der Waals surface area (Å²) in [6, 6.07) is 15.5. The molecular formula is C29H33N3O3. The molecule has 1 aliphatic carbocycles. The van der Waals surface area contributed by atoms with Gasteiger partial charge in [0, 0.05) is 6.07 Å². The Bertz CT molecular complexity index is 1380. The number of aromatic amines is 1. The minimum absolute atomic E-state index is 0.0565. The third-order valence-electron chi connectivity index (χ3n) is 7.66. The highest BCUT2D eigenvalue weighted by molar-refractivity contribution is 5.91. The monoisotopic (exact) mass is 471 g/mol. The van der Waals surface area contributed by atoms with E-state index in [9.17, 15) is 4.79 Å². The van der Waals surface area contributed by atoms with Crippen LogP contribution in [0.2, 0.25) is 0 Å². The number of carbonyl (C=O) groups is 1. The first-order valence-corrected chi connectivity index (χ1v) is 12.2.